The monoisotopic (exact) mass is 240 g/mol. The average Bonchev–Trinajstić information content (AvgIpc) is 2.28. The van der Waals surface area contributed by atoms with E-state index in [1.807, 2.05) is 6.92 Å². The van der Waals surface area contributed by atoms with E-state index in [2.05, 4.69) is 4.74 Å². The number of esters is 1. The molecule has 1 unspecified atom stereocenters. The van der Waals surface area contributed by atoms with Crippen molar-refractivity contribution >= 4 is 23.4 Å². The normalized spacial score (nSPS) is 11.9. The summed E-state index contributed by atoms with van der Waals surface area (Å²) < 4.78 is 4.68. The number of carbonyl (C=O) groups is 2. The van der Waals surface area contributed by atoms with Gasteiger partial charge in [-0.05, 0) is 13.8 Å². The van der Waals surface area contributed by atoms with E-state index >= 15 is 0 Å². The maximum Gasteiger partial charge on any atom is 0.332 e. The average molecular weight is 241 g/mol. The number of ether oxygens (including phenoxy) is 1. The number of hydrogen-bond acceptors (Lipinski definition) is 3. The molecule has 0 radical (unpaired) electrons. The number of ketones is 1. The van der Waals surface area contributed by atoms with Crippen molar-refractivity contribution in [1.82, 2.24) is 0 Å². The smallest absolute Gasteiger partial charge is 0.332 e. The molecular formula is C12H13ClO3. The minimum Gasteiger partial charge on any atom is -0.465 e. The molecule has 16 heavy (non-hydrogen) atoms. The predicted molar refractivity (Wildman–Crippen MR) is 61.8 cm³/mol. The fraction of sp³-hybridized carbons (Fsp3) is 0.333. The summed E-state index contributed by atoms with van der Waals surface area (Å²) in [6.07, 6.45) is 0. The molecule has 0 aliphatic heterocycles. The molecule has 3 nitrogen and oxygen atoms in total. The standard InChI is InChI=1S/C12H13ClO3/c1-3-16-12(15)10(13)11(14)9-6-4-8(2)5-7-9/h4-7,10H,3H2,1-2H3. The van der Waals surface area contributed by atoms with Crippen LogP contribution in [0.3, 0.4) is 0 Å². The zero-order valence-corrected chi connectivity index (χ0v) is 9.95. The zero-order chi connectivity index (χ0) is 12.1. The molecule has 0 aliphatic rings. The van der Waals surface area contributed by atoms with E-state index in [9.17, 15) is 9.59 Å². The highest BCUT2D eigenvalue weighted by molar-refractivity contribution is 6.43. The van der Waals surface area contributed by atoms with Gasteiger partial charge in [0.05, 0.1) is 6.61 Å². The first kappa shape index (κ1) is 12.7. The van der Waals surface area contributed by atoms with Crippen LogP contribution in [0.1, 0.15) is 22.8 Å². The van der Waals surface area contributed by atoms with Crippen LogP contribution in [0.25, 0.3) is 0 Å². The van der Waals surface area contributed by atoms with Gasteiger partial charge < -0.3 is 4.74 Å². The van der Waals surface area contributed by atoms with Gasteiger partial charge in [0, 0.05) is 5.56 Å². The van der Waals surface area contributed by atoms with Gasteiger partial charge in [-0.15, -0.1) is 11.6 Å². The van der Waals surface area contributed by atoms with Crippen LogP contribution in [-0.2, 0) is 9.53 Å². The highest BCUT2D eigenvalue weighted by Crippen LogP contribution is 2.11. The van der Waals surface area contributed by atoms with E-state index in [0.717, 1.165) is 5.56 Å². The minimum absolute atomic E-state index is 0.212. The van der Waals surface area contributed by atoms with E-state index in [1.54, 1.807) is 31.2 Å². The Bertz CT molecular complexity index is 384. The van der Waals surface area contributed by atoms with Crippen LogP contribution >= 0.6 is 11.6 Å². The summed E-state index contributed by atoms with van der Waals surface area (Å²) >= 11 is 5.71. The van der Waals surface area contributed by atoms with Crippen molar-refractivity contribution in [3.05, 3.63) is 35.4 Å². The molecule has 0 aromatic heterocycles. The van der Waals surface area contributed by atoms with Crippen molar-refractivity contribution in [3.8, 4) is 0 Å². The summed E-state index contributed by atoms with van der Waals surface area (Å²) in [5.41, 5.74) is 1.46. The molecule has 0 spiro atoms. The van der Waals surface area contributed by atoms with Gasteiger partial charge in [0.1, 0.15) is 0 Å². The van der Waals surface area contributed by atoms with E-state index < -0.39 is 17.1 Å². The third-order valence-electron chi connectivity index (χ3n) is 2.06. The van der Waals surface area contributed by atoms with Gasteiger partial charge in [0.2, 0.25) is 0 Å². The summed E-state index contributed by atoms with van der Waals surface area (Å²) in [4.78, 5) is 23.0. The Morgan fingerprint density at radius 3 is 2.38 bits per heavy atom. The predicted octanol–water partition coefficient (Wildman–Crippen LogP) is 2.35. The summed E-state index contributed by atoms with van der Waals surface area (Å²) in [6.45, 7) is 3.79. The largest absolute Gasteiger partial charge is 0.465 e. The Morgan fingerprint density at radius 1 is 1.31 bits per heavy atom. The number of benzene rings is 1. The molecule has 0 amide bonds. The van der Waals surface area contributed by atoms with Crippen LogP contribution in [-0.4, -0.2) is 23.7 Å². The maximum atomic E-state index is 11.7. The van der Waals surface area contributed by atoms with Gasteiger partial charge in [-0.1, -0.05) is 29.8 Å². The van der Waals surface area contributed by atoms with Gasteiger partial charge in [-0.2, -0.15) is 0 Å². The number of halogens is 1. The second-order valence-corrected chi connectivity index (χ2v) is 3.78. The molecule has 0 heterocycles. The molecule has 0 N–H and O–H groups in total. The number of rotatable bonds is 4. The second-order valence-electron chi connectivity index (χ2n) is 3.34. The van der Waals surface area contributed by atoms with Crippen molar-refractivity contribution in [2.24, 2.45) is 0 Å². The molecule has 0 aliphatic carbocycles. The molecule has 86 valence electrons. The Balaban J connectivity index is 2.78. The van der Waals surface area contributed by atoms with Crippen LogP contribution in [0.15, 0.2) is 24.3 Å². The number of hydrogen-bond donors (Lipinski definition) is 0. The lowest BCUT2D eigenvalue weighted by molar-refractivity contribution is -0.141. The molecule has 1 atom stereocenters. The first-order valence-corrected chi connectivity index (χ1v) is 5.41. The van der Waals surface area contributed by atoms with Gasteiger partial charge in [0.15, 0.2) is 11.2 Å². The fourth-order valence-corrected chi connectivity index (χ4v) is 1.38. The first-order valence-electron chi connectivity index (χ1n) is 4.98. The molecule has 4 heteroatoms. The minimum atomic E-state index is -1.26. The van der Waals surface area contributed by atoms with Crippen LogP contribution < -0.4 is 0 Å². The Morgan fingerprint density at radius 2 is 1.88 bits per heavy atom. The number of alkyl halides is 1. The molecule has 1 aromatic rings. The van der Waals surface area contributed by atoms with Crippen molar-refractivity contribution in [1.29, 1.82) is 0 Å². The topological polar surface area (TPSA) is 43.4 Å². The molecular weight excluding hydrogens is 228 g/mol. The van der Waals surface area contributed by atoms with Crippen LogP contribution in [0.5, 0.6) is 0 Å². The number of aryl methyl sites for hydroxylation is 1. The molecule has 1 aromatic carbocycles. The Kier molecular flexibility index (Phi) is 4.50. The SMILES string of the molecule is CCOC(=O)C(Cl)C(=O)c1ccc(C)cc1. The maximum absolute atomic E-state index is 11.7. The highest BCUT2D eigenvalue weighted by atomic mass is 35.5. The van der Waals surface area contributed by atoms with Crippen molar-refractivity contribution in [3.63, 3.8) is 0 Å². The molecule has 0 saturated heterocycles. The molecule has 0 saturated carbocycles. The fourth-order valence-electron chi connectivity index (χ4n) is 1.19. The summed E-state index contributed by atoms with van der Waals surface area (Å²) in [5, 5.41) is -1.26. The van der Waals surface area contributed by atoms with Gasteiger partial charge in [-0.25, -0.2) is 4.79 Å². The second kappa shape index (κ2) is 5.66. The van der Waals surface area contributed by atoms with E-state index in [1.165, 1.54) is 0 Å². The third-order valence-corrected chi connectivity index (χ3v) is 2.44. The molecule has 0 fully saturated rings. The quantitative estimate of drug-likeness (QED) is 0.351. The zero-order valence-electron chi connectivity index (χ0n) is 9.20. The van der Waals surface area contributed by atoms with Crippen LogP contribution in [0.4, 0.5) is 0 Å². The molecule has 1 rings (SSSR count). The van der Waals surface area contributed by atoms with Crippen LogP contribution in [0.2, 0.25) is 0 Å². The first-order chi connectivity index (χ1) is 7.56. The molecule has 0 bridgehead atoms. The van der Waals surface area contributed by atoms with Crippen molar-refractivity contribution < 1.29 is 14.3 Å². The summed E-state index contributed by atoms with van der Waals surface area (Å²) in [6, 6.07) is 6.88. The van der Waals surface area contributed by atoms with Gasteiger partial charge in [-0.3, -0.25) is 4.79 Å². The van der Waals surface area contributed by atoms with E-state index in [-0.39, 0.29) is 6.61 Å². The number of carbonyl (C=O) groups excluding carboxylic acids is 2. The van der Waals surface area contributed by atoms with E-state index in [0.29, 0.717) is 5.56 Å². The van der Waals surface area contributed by atoms with Gasteiger partial charge in [0.25, 0.3) is 0 Å². The van der Waals surface area contributed by atoms with Crippen molar-refractivity contribution in [2.45, 2.75) is 19.2 Å². The van der Waals surface area contributed by atoms with E-state index in [4.69, 9.17) is 11.6 Å². The number of Topliss-reactive ketones (excluding diaryl/α,β-unsaturated/α-hetero) is 1. The lowest BCUT2D eigenvalue weighted by atomic mass is 10.1. The third kappa shape index (κ3) is 3.07. The van der Waals surface area contributed by atoms with Crippen molar-refractivity contribution in [2.75, 3.05) is 6.61 Å². The Hall–Kier alpha value is -1.35. The Labute approximate surface area is 99.4 Å². The lowest BCUT2D eigenvalue weighted by Crippen LogP contribution is -2.26. The van der Waals surface area contributed by atoms with Gasteiger partial charge >= 0.3 is 5.97 Å². The summed E-state index contributed by atoms with van der Waals surface area (Å²) in [5.74, 6) is -1.13. The van der Waals surface area contributed by atoms with Crippen LogP contribution in [0, 0.1) is 6.92 Å². The highest BCUT2D eigenvalue weighted by Gasteiger charge is 2.26. The lowest BCUT2D eigenvalue weighted by Gasteiger charge is -2.07. The summed E-state index contributed by atoms with van der Waals surface area (Å²) in [7, 11) is 0.